The van der Waals surface area contributed by atoms with E-state index in [9.17, 15) is 9.18 Å². The summed E-state index contributed by atoms with van der Waals surface area (Å²) in [4.78, 5) is 12.2. The molecule has 2 atom stereocenters. The van der Waals surface area contributed by atoms with E-state index >= 15 is 0 Å². The molecular formula is C13H19FN2O2S. The number of rotatable bonds is 5. The van der Waals surface area contributed by atoms with Gasteiger partial charge >= 0.3 is 6.03 Å². The standard InChI is InChI=1S/C13H19FN2O2S/c1-8(7-17)9(2)15-13(18)16-10-4-5-12(19-3)11(14)6-10/h4-6,8-9,17H,7H2,1-3H3,(H2,15,16,18)/t8-,9-/m1/s1. The van der Waals surface area contributed by atoms with Crippen LogP contribution in [-0.2, 0) is 0 Å². The second kappa shape index (κ2) is 7.35. The molecule has 0 aliphatic heterocycles. The van der Waals surface area contributed by atoms with Crippen LogP contribution in [0, 0.1) is 11.7 Å². The summed E-state index contributed by atoms with van der Waals surface area (Å²) in [6, 6.07) is 3.97. The third-order valence-electron chi connectivity index (χ3n) is 2.91. The molecule has 0 unspecified atom stereocenters. The number of amides is 2. The number of hydrogen-bond acceptors (Lipinski definition) is 3. The normalized spacial score (nSPS) is 13.7. The maximum Gasteiger partial charge on any atom is 0.319 e. The molecular weight excluding hydrogens is 267 g/mol. The molecule has 19 heavy (non-hydrogen) atoms. The van der Waals surface area contributed by atoms with Crippen molar-refractivity contribution in [3.8, 4) is 0 Å². The zero-order chi connectivity index (χ0) is 14.4. The highest BCUT2D eigenvalue weighted by atomic mass is 32.2. The maximum atomic E-state index is 13.5. The number of aliphatic hydroxyl groups is 1. The van der Waals surface area contributed by atoms with Crippen LogP contribution in [0.4, 0.5) is 14.9 Å². The highest BCUT2D eigenvalue weighted by Gasteiger charge is 2.14. The Hall–Kier alpha value is -1.27. The Kier molecular flexibility index (Phi) is 6.11. The lowest BCUT2D eigenvalue weighted by atomic mass is 10.1. The highest BCUT2D eigenvalue weighted by Crippen LogP contribution is 2.22. The minimum Gasteiger partial charge on any atom is -0.396 e. The summed E-state index contributed by atoms with van der Waals surface area (Å²) in [5.41, 5.74) is 0.400. The molecule has 0 fully saturated rings. The number of benzene rings is 1. The molecule has 4 nitrogen and oxygen atoms in total. The Morgan fingerprint density at radius 1 is 1.47 bits per heavy atom. The third kappa shape index (κ3) is 4.72. The van der Waals surface area contributed by atoms with E-state index < -0.39 is 6.03 Å². The van der Waals surface area contributed by atoms with Gasteiger partial charge in [0.15, 0.2) is 0 Å². The molecule has 1 rings (SSSR count). The van der Waals surface area contributed by atoms with Gasteiger partial charge in [-0.15, -0.1) is 11.8 Å². The fourth-order valence-electron chi connectivity index (χ4n) is 1.42. The highest BCUT2D eigenvalue weighted by molar-refractivity contribution is 7.98. The summed E-state index contributed by atoms with van der Waals surface area (Å²) in [7, 11) is 0. The van der Waals surface area contributed by atoms with Crippen LogP contribution in [0.5, 0.6) is 0 Å². The smallest absolute Gasteiger partial charge is 0.319 e. The lowest BCUT2D eigenvalue weighted by Crippen LogP contribution is -2.40. The first-order chi connectivity index (χ1) is 8.97. The lowest BCUT2D eigenvalue weighted by Gasteiger charge is -2.19. The van der Waals surface area contributed by atoms with Crippen molar-refractivity contribution in [3.63, 3.8) is 0 Å². The van der Waals surface area contributed by atoms with Crippen LogP contribution in [-0.4, -0.2) is 30.0 Å². The first-order valence-electron chi connectivity index (χ1n) is 5.99. The minimum absolute atomic E-state index is 0.00149. The molecule has 0 aromatic heterocycles. The van der Waals surface area contributed by atoms with Crippen molar-refractivity contribution < 1.29 is 14.3 Å². The summed E-state index contributed by atoms with van der Waals surface area (Å²) in [6.45, 7) is 3.63. The first-order valence-corrected chi connectivity index (χ1v) is 7.22. The van der Waals surface area contributed by atoms with Crippen LogP contribution in [0.1, 0.15) is 13.8 Å². The van der Waals surface area contributed by atoms with Gasteiger partial charge in [-0.2, -0.15) is 0 Å². The SMILES string of the molecule is CSc1ccc(NC(=O)N[C@H](C)[C@H](C)CO)cc1F. The van der Waals surface area contributed by atoms with Crippen molar-refractivity contribution in [3.05, 3.63) is 24.0 Å². The third-order valence-corrected chi connectivity index (χ3v) is 3.68. The monoisotopic (exact) mass is 286 g/mol. The molecule has 3 N–H and O–H groups in total. The van der Waals surface area contributed by atoms with Crippen LogP contribution in [0.2, 0.25) is 0 Å². The molecule has 6 heteroatoms. The predicted molar refractivity (Wildman–Crippen MR) is 76.0 cm³/mol. The topological polar surface area (TPSA) is 61.4 Å². The first kappa shape index (κ1) is 15.8. The van der Waals surface area contributed by atoms with E-state index in [4.69, 9.17) is 5.11 Å². The Labute approximate surface area is 116 Å². The van der Waals surface area contributed by atoms with Gasteiger partial charge in [-0.05, 0) is 37.3 Å². The number of anilines is 1. The number of nitrogens with one attached hydrogen (secondary N) is 2. The summed E-state index contributed by atoms with van der Waals surface area (Å²) in [5, 5.41) is 14.2. The Bertz CT molecular complexity index is 443. The zero-order valence-corrected chi connectivity index (χ0v) is 12.1. The van der Waals surface area contributed by atoms with Gasteiger partial charge in [-0.1, -0.05) is 6.92 Å². The number of halogens is 1. The maximum absolute atomic E-state index is 13.5. The lowest BCUT2D eigenvalue weighted by molar-refractivity contribution is 0.204. The second-order valence-electron chi connectivity index (χ2n) is 4.40. The van der Waals surface area contributed by atoms with Gasteiger partial charge in [0, 0.05) is 23.2 Å². The molecule has 0 radical (unpaired) electrons. The van der Waals surface area contributed by atoms with Crippen molar-refractivity contribution in [2.24, 2.45) is 5.92 Å². The van der Waals surface area contributed by atoms with Crippen molar-refractivity contribution in [1.82, 2.24) is 5.32 Å². The van der Waals surface area contributed by atoms with E-state index in [1.165, 1.54) is 17.8 Å². The van der Waals surface area contributed by atoms with Crippen LogP contribution in [0.25, 0.3) is 0 Å². The fourth-order valence-corrected chi connectivity index (χ4v) is 1.88. The molecule has 0 spiro atoms. The molecule has 0 saturated heterocycles. The number of thioether (sulfide) groups is 1. The molecule has 0 heterocycles. The zero-order valence-electron chi connectivity index (χ0n) is 11.2. The van der Waals surface area contributed by atoms with E-state index in [0.717, 1.165) is 0 Å². The quantitative estimate of drug-likeness (QED) is 0.729. The van der Waals surface area contributed by atoms with E-state index in [1.54, 1.807) is 25.3 Å². The van der Waals surface area contributed by atoms with Crippen LogP contribution < -0.4 is 10.6 Å². The van der Waals surface area contributed by atoms with Gasteiger partial charge in [-0.25, -0.2) is 9.18 Å². The average molecular weight is 286 g/mol. The van der Waals surface area contributed by atoms with E-state index in [-0.39, 0.29) is 24.4 Å². The van der Waals surface area contributed by atoms with Crippen LogP contribution in [0.15, 0.2) is 23.1 Å². The van der Waals surface area contributed by atoms with Gasteiger partial charge in [-0.3, -0.25) is 0 Å². The summed E-state index contributed by atoms with van der Waals surface area (Å²) in [6.07, 6.45) is 1.79. The van der Waals surface area contributed by atoms with Crippen LogP contribution >= 0.6 is 11.8 Å². The number of carbonyl (C=O) groups excluding carboxylic acids is 1. The predicted octanol–water partition coefficient (Wildman–Crippen LogP) is 2.69. The van der Waals surface area contributed by atoms with Crippen molar-refractivity contribution >= 4 is 23.5 Å². The number of aliphatic hydroxyl groups excluding tert-OH is 1. The molecule has 106 valence electrons. The van der Waals surface area contributed by atoms with Crippen molar-refractivity contribution in [2.45, 2.75) is 24.8 Å². The van der Waals surface area contributed by atoms with Gasteiger partial charge in [0.2, 0.25) is 0 Å². The second-order valence-corrected chi connectivity index (χ2v) is 5.24. The summed E-state index contributed by atoms with van der Waals surface area (Å²) < 4.78 is 13.5. The van der Waals surface area contributed by atoms with E-state index in [2.05, 4.69) is 10.6 Å². The molecule has 1 aromatic rings. The number of urea groups is 1. The Morgan fingerprint density at radius 2 is 2.16 bits per heavy atom. The van der Waals surface area contributed by atoms with Crippen LogP contribution in [0.3, 0.4) is 0 Å². The molecule has 2 amide bonds. The molecule has 0 aliphatic carbocycles. The van der Waals surface area contributed by atoms with Crippen molar-refractivity contribution in [2.75, 3.05) is 18.2 Å². The fraction of sp³-hybridized carbons (Fsp3) is 0.462. The molecule has 0 bridgehead atoms. The van der Waals surface area contributed by atoms with Crippen molar-refractivity contribution in [1.29, 1.82) is 0 Å². The van der Waals surface area contributed by atoms with Gasteiger partial charge < -0.3 is 15.7 Å². The van der Waals surface area contributed by atoms with E-state index in [0.29, 0.717) is 10.6 Å². The molecule has 1 aromatic carbocycles. The minimum atomic E-state index is -0.413. The van der Waals surface area contributed by atoms with Gasteiger partial charge in [0.1, 0.15) is 5.82 Å². The number of hydrogen-bond donors (Lipinski definition) is 3. The molecule has 0 saturated carbocycles. The van der Waals surface area contributed by atoms with Gasteiger partial charge in [0.05, 0.1) is 0 Å². The van der Waals surface area contributed by atoms with Gasteiger partial charge in [0.25, 0.3) is 0 Å². The Balaban J connectivity index is 2.60. The number of carbonyl (C=O) groups is 1. The Morgan fingerprint density at radius 3 is 2.68 bits per heavy atom. The summed E-state index contributed by atoms with van der Waals surface area (Å²) >= 11 is 1.31. The molecule has 0 aliphatic rings. The largest absolute Gasteiger partial charge is 0.396 e. The summed E-state index contributed by atoms with van der Waals surface area (Å²) in [5.74, 6) is -0.400. The average Bonchev–Trinajstić information content (AvgIpc) is 2.37. The van der Waals surface area contributed by atoms with E-state index in [1.807, 2.05) is 6.92 Å².